The van der Waals surface area contributed by atoms with Gasteiger partial charge in [-0.1, -0.05) is 24.3 Å². The number of nitrogens with zero attached hydrogens (tertiary/aromatic N) is 1. The third-order valence-electron chi connectivity index (χ3n) is 2.64. The van der Waals surface area contributed by atoms with E-state index >= 15 is 0 Å². The number of hydrogen-bond donors (Lipinski definition) is 1. The summed E-state index contributed by atoms with van der Waals surface area (Å²) in [5.74, 6) is 0. The molecule has 17 heavy (non-hydrogen) atoms. The fourth-order valence-electron chi connectivity index (χ4n) is 1.80. The van der Waals surface area contributed by atoms with Gasteiger partial charge in [-0.05, 0) is 13.0 Å². The van der Waals surface area contributed by atoms with Gasteiger partial charge in [0.1, 0.15) is 0 Å². The zero-order chi connectivity index (χ0) is 12.7. The summed E-state index contributed by atoms with van der Waals surface area (Å²) in [6.45, 7) is 7.72. The van der Waals surface area contributed by atoms with Gasteiger partial charge < -0.3 is 14.7 Å². The number of benzene rings is 1. The summed E-state index contributed by atoms with van der Waals surface area (Å²) >= 11 is 0. The highest BCUT2D eigenvalue weighted by Crippen LogP contribution is 2.25. The minimum atomic E-state index is -0.471. The fourth-order valence-corrected chi connectivity index (χ4v) is 1.80. The Bertz CT molecular complexity index is 350. The number of hydrogen-bond acceptors (Lipinski definition) is 3. The van der Waals surface area contributed by atoms with Crippen LogP contribution in [-0.4, -0.2) is 31.9 Å². The Morgan fingerprint density at radius 1 is 1.47 bits per heavy atom. The van der Waals surface area contributed by atoms with E-state index in [1.54, 1.807) is 14.0 Å². The zero-order valence-corrected chi connectivity index (χ0v) is 10.6. The van der Waals surface area contributed by atoms with Crippen molar-refractivity contribution in [2.75, 3.05) is 31.7 Å². The molecule has 0 aliphatic rings. The number of aliphatic hydroxyl groups excluding tert-OH is 1. The number of rotatable bonds is 7. The summed E-state index contributed by atoms with van der Waals surface area (Å²) in [7, 11) is 1.69. The molecule has 0 fully saturated rings. The van der Waals surface area contributed by atoms with Gasteiger partial charge in [-0.3, -0.25) is 0 Å². The van der Waals surface area contributed by atoms with Crippen molar-refractivity contribution in [2.24, 2.45) is 0 Å². The summed E-state index contributed by atoms with van der Waals surface area (Å²) in [4.78, 5) is 2.15. The van der Waals surface area contributed by atoms with Crippen LogP contribution >= 0.6 is 0 Å². The smallest absolute Gasteiger partial charge is 0.0781 e. The molecule has 1 aromatic rings. The van der Waals surface area contributed by atoms with E-state index in [-0.39, 0.29) is 0 Å². The number of aliphatic hydroxyl groups is 1. The van der Waals surface area contributed by atoms with Gasteiger partial charge in [0.25, 0.3) is 0 Å². The second kappa shape index (κ2) is 7.09. The van der Waals surface area contributed by atoms with Crippen molar-refractivity contribution in [1.82, 2.24) is 0 Å². The molecule has 1 aromatic carbocycles. The molecule has 1 rings (SSSR count). The molecule has 0 amide bonds. The van der Waals surface area contributed by atoms with Crippen LogP contribution in [0.1, 0.15) is 18.6 Å². The standard InChI is InChI=1S/C14H21NO2/c1-4-9-15(10-11-17-3)14-8-6-5-7-13(14)12(2)16/h4-8,12,16H,1,9-11H2,2-3H3/t12-/m0/s1. The van der Waals surface area contributed by atoms with Crippen molar-refractivity contribution in [2.45, 2.75) is 13.0 Å². The SMILES string of the molecule is C=CCN(CCOC)c1ccccc1[C@H](C)O. The lowest BCUT2D eigenvalue weighted by Gasteiger charge is -2.26. The van der Waals surface area contributed by atoms with Crippen LogP contribution in [0.5, 0.6) is 0 Å². The van der Waals surface area contributed by atoms with Gasteiger partial charge in [0, 0.05) is 31.5 Å². The van der Waals surface area contributed by atoms with E-state index in [0.29, 0.717) is 6.61 Å². The Kier molecular flexibility index (Phi) is 5.73. The molecule has 0 aliphatic carbocycles. The van der Waals surface area contributed by atoms with Crippen molar-refractivity contribution >= 4 is 5.69 Å². The van der Waals surface area contributed by atoms with Crippen LogP contribution in [0.3, 0.4) is 0 Å². The highest BCUT2D eigenvalue weighted by atomic mass is 16.5. The summed E-state index contributed by atoms with van der Waals surface area (Å²) < 4.78 is 5.10. The lowest BCUT2D eigenvalue weighted by molar-refractivity contribution is 0.197. The van der Waals surface area contributed by atoms with Crippen LogP contribution in [0, 0.1) is 0 Å². The predicted molar refractivity (Wildman–Crippen MR) is 71.4 cm³/mol. The number of ether oxygens (including phenoxy) is 1. The molecule has 1 N–H and O–H groups in total. The lowest BCUT2D eigenvalue weighted by Crippen LogP contribution is -2.28. The van der Waals surface area contributed by atoms with Gasteiger partial charge in [-0.15, -0.1) is 6.58 Å². The van der Waals surface area contributed by atoms with Gasteiger partial charge >= 0.3 is 0 Å². The molecule has 1 atom stereocenters. The summed E-state index contributed by atoms with van der Waals surface area (Å²) in [6.07, 6.45) is 1.38. The quantitative estimate of drug-likeness (QED) is 0.736. The molecule has 3 nitrogen and oxygen atoms in total. The van der Waals surface area contributed by atoms with E-state index in [9.17, 15) is 5.11 Å². The Labute approximate surface area is 103 Å². The highest BCUT2D eigenvalue weighted by molar-refractivity contribution is 5.55. The largest absolute Gasteiger partial charge is 0.389 e. The van der Waals surface area contributed by atoms with E-state index < -0.39 is 6.10 Å². The van der Waals surface area contributed by atoms with E-state index in [4.69, 9.17) is 4.74 Å². The topological polar surface area (TPSA) is 32.7 Å². The van der Waals surface area contributed by atoms with E-state index in [1.165, 1.54) is 0 Å². The number of para-hydroxylation sites is 1. The van der Waals surface area contributed by atoms with Crippen molar-refractivity contribution in [3.8, 4) is 0 Å². The Hall–Kier alpha value is -1.32. The van der Waals surface area contributed by atoms with E-state index in [1.807, 2.05) is 30.3 Å². The van der Waals surface area contributed by atoms with E-state index in [0.717, 1.165) is 24.3 Å². The maximum Gasteiger partial charge on any atom is 0.0781 e. The first-order chi connectivity index (χ1) is 8.20. The summed E-state index contributed by atoms with van der Waals surface area (Å²) in [5.41, 5.74) is 1.98. The third-order valence-corrected chi connectivity index (χ3v) is 2.64. The lowest BCUT2D eigenvalue weighted by atomic mass is 10.1. The third kappa shape index (κ3) is 3.88. The van der Waals surface area contributed by atoms with Crippen LogP contribution in [-0.2, 0) is 4.74 Å². The number of methoxy groups -OCH3 is 1. The molecule has 0 saturated heterocycles. The van der Waals surface area contributed by atoms with Gasteiger partial charge in [0.05, 0.1) is 12.7 Å². The molecule has 0 radical (unpaired) electrons. The molecule has 3 heteroatoms. The van der Waals surface area contributed by atoms with Crippen LogP contribution in [0.25, 0.3) is 0 Å². The average Bonchev–Trinajstić information content (AvgIpc) is 2.34. The first-order valence-electron chi connectivity index (χ1n) is 5.82. The van der Waals surface area contributed by atoms with Crippen LogP contribution in [0.15, 0.2) is 36.9 Å². The second-order valence-corrected chi connectivity index (χ2v) is 3.96. The highest BCUT2D eigenvalue weighted by Gasteiger charge is 2.12. The fraction of sp³-hybridized carbons (Fsp3) is 0.429. The van der Waals surface area contributed by atoms with Crippen LogP contribution in [0.4, 0.5) is 5.69 Å². The molecule has 0 bridgehead atoms. The minimum Gasteiger partial charge on any atom is -0.389 e. The molecule has 0 aliphatic heterocycles. The average molecular weight is 235 g/mol. The molecular formula is C14H21NO2. The zero-order valence-electron chi connectivity index (χ0n) is 10.6. The normalized spacial score (nSPS) is 12.2. The monoisotopic (exact) mass is 235 g/mol. The summed E-state index contributed by atoms with van der Waals surface area (Å²) in [6, 6.07) is 7.88. The summed E-state index contributed by atoms with van der Waals surface area (Å²) in [5, 5.41) is 9.76. The van der Waals surface area contributed by atoms with Gasteiger partial charge in [-0.2, -0.15) is 0 Å². The maximum atomic E-state index is 9.76. The Morgan fingerprint density at radius 2 is 2.18 bits per heavy atom. The molecule has 0 heterocycles. The van der Waals surface area contributed by atoms with E-state index in [2.05, 4.69) is 11.5 Å². The molecule has 0 saturated carbocycles. The van der Waals surface area contributed by atoms with Crippen molar-refractivity contribution in [3.63, 3.8) is 0 Å². The van der Waals surface area contributed by atoms with Crippen molar-refractivity contribution < 1.29 is 9.84 Å². The Balaban J connectivity index is 2.95. The van der Waals surface area contributed by atoms with Crippen molar-refractivity contribution in [1.29, 1.82) is 0 Å². The second-order valence-electron chi connectivity index (χ2n) is 3.96. The van der Waals surface area contributed by atoms with Crippen molar-refractivity contribution in [3.05, 3.63) is 42.5 Å². The number of anilines is 1. The first-order valence-corrected chi connectivity index (χ1v) is 5.82. The van der Waals surface area contributed by atoms with Gasteiger partial charge in [0.2, 0.25) is 0 Å². The molecule has 94 valence electrons. The molecule has 0 aromatic heterocycles. The maximum absolute atomic E-state index is 9.76. The molecule has 0 unspecified atom stereocenters. The van der Waals surface area contributed by atoms with Gasteiger partial charge in [0.15, 0.2) is 0 Å². The molecule has 0 spiro atoms. The van der Waals surface area contributed by atoms with Crippen LogP contribution < -0.4 is 4.90 Å². The minimum absolute atomic E-state index is 0.471. The van der Waals surface area contributed by atoms with Gasteiger partial charge in [-0.25, -0.2) is 0 Å². The molecular weight excluding hydrogens is 214 g/mol. The first kappa shape index (κ1) is 13.7. The predicted octanol–water partition coefficient (Wildman–Crippen LogP) is 2.38. The van der Waals surface area contributed by atoms with Crippen LogP contribution in [0.2, 0.25) is 0 Å². The Morgan fingerprint density at radius 3 is 2.76 bits per heavy atom.